The number of carbonyl (C=O) groups excluding carboxylic acids is 2. The lowest BCUT2D eigenvalue weighted by Gasteiger charge is -2.28. The van der Waals surface area contributed by atoms with Crippen molar-refractivity contribution in [2.45, 2.75) is 0 Å². The molecule has 2 heterocycles. The number of furan rings is 1. The molecule has 0 spiro atoms. The largest absolute Gasteiger partial charge is 0.457 e. The molecule has 0 atom stereocenters. The summed E-state index contributed by atoms with van der Waals surface area (Å²) in [7, 11) is 0. The predicted octanol–water partition coefficient (Wildman–Crippen LogP) is 5.08. The Labute approximate surface area is 181 Å². The lowest BCUT2D eigenvalue weighted by molar-refractivity contribution is -0.122. The van der Waals surface area contributed by atoms with Crippen LogP contribution in [0.3, 0.4) is 0 Å². The van der Waals surface area contributed by atoms with Gasteiger partial charge in [0, 0.05) is 10.6 Å². The number of carbonyl (C=O) groups is 2. The molecule has 2 amide bonds. The third kappa shape index (κ3) is 3.82. The second kappa shape index (κ2) is 7.83. The van der Waals surface area contributed by atoms with Gasteiger partial charge in [-0.25, -0.2) is 0 Å². The molecule has 0 bridgehead atoms. The van der Waals surface area contributed by atoms with Gasteiger partial charge in [-0.1, -0.05) is 35.3 Å². The molecule has 29 heavy (non-hydrogen) atoms. The molecule has 3 aromatic rings. The third-order valence-electron chi connectivity index (χ3n) is 4.24. The summed E-state index contributed by atoms with van der Waals surface area (Å²) in [6.07, 6.45) is 1.38. The van der Waals surface area contributed by atoms with Crippen LogP contribution in [0.25, 0.3) is 17.4 Å². The molecule has 1 saturated heterocycles. The van der Waals surface area contributed by atoms with Crippen LogP contribution in [-0.4, -0.2) is 16.9 Å². The van der Waals surface area contributed by atoms with E-state index < -0.39 is 11.8 Å². The molecule has 2 aromatic carbocycles. The van der Waals surface area contributed by atoms with E-state index in [0.717, 1.165) is 0 Å². The van der Waals surface area contributed by atoms with Crippen molar-refractivity contribution in [1.82, 2.24) is 5.32 Å². The summed E-state index contributed by atoms with van der Waals surface area (Å²) in [5.74, 6) is -0.295. The van der Waals surface area contributed by atoms with Gasteiger partial charge in [-0.05, 0) is 66.8 Å². The Morgan fingerprint density at radius 2 is 1.69 bits per heavy atom. The van der Waals surface area contributed by atoms with E-state index in [-0.39, 0.29) is 10.7 Å². The molecule has 1 fully saturated rings. The van der Waals surface area contributed by atoms with Crippen LogP contribution in [0, 0.1) is 0 Å². The lowest BCUT2D eigenvalue weighted by Crippen LogP contribution is -2.54. The number of nitrogens with one attached hydrogen (secondary N) is 1. The number of anilines is 1. The molecule has 1 aliphatic rings. The van der Waals surface area contributed by atoms with Gasteiger partial charge in [-0.2, -0.15) is 0 Å². The molecule has 1 N–H and O–H groups in total. The summed E-state index contributed by atoms with van der Waals surface area (Å²) < 4.78 is 5.77. The standard InChI is InChI=1S/C21H12Cl2N2O3S/c22-12-5-7-13(8-6-12)25-20(27)16(19(26)24-21(25)29)11-14-9-10-18(28-14)15-3-1-2-4-17(15)23/h1-11H,(H,24,26,29). The van der Waals surface area contributed by atoms with Gasteiger partial charge in [-0.15, -0.1) is 0 Å². The minimum absolute atomic E-state index is 0.00401. The zero-order chi connectivity index (χ0) is 20.5. The van der Waals surface area contributed by atoms with E-state index >= 15 is 0 Å². The average Bonchev–Trinajstić information content (AvgIpc) is 3.15. The van der Waals surface area contributed by atoms with Crippen molar-refractivity contribution in [1.29, 1.82) is 0 Å². The Kier molecular flexibility index (Phi) is 5.24. The van der Waals surface area contributed by atoms with E-state index in [1.54, 1.807) is 42.5 Å². The molecule has 8 heteroatoms. The van der Waals surface area contributed by atoms with E-state index in [4.69, 9.17) is 39.8 Å². The highest BCUT2D eigenvalue weighted by Gasteiger charge is 2.34. The lowest BCUT2D eigenvalue weighted by atomic mass is 10.1. The first-order valence-corrected chi connectivity index (χ1v) is 9.62. The van der Waals surface area contributed by atoms with Crippen LogP contribution in [0.4, 0.5) is 5.69 Å². The maximum absolute atomic E-state index is 13.0. The first-order valence-electron chi connectivity index (χ1n) is 8.46. The van der Waals surface area contributed by atoms with Gasteiger partial charge < -0.3 is 4.42 Å². The van der Waals surface area contributed by atoms with Crippen molar-refractivity contribution >= 4 is 64.1 Å². The molecular formula is C21H12Cl2N2O3S. The quantitative estimate of drug-likeness (QED) is 0.348. The van der Waals surface area contributed by atoms with Crippen molar-refractivity contribution in [3.63, 3.8) is 0 Å². The van der Waals surface area contributed by atoms with Gasteiger partial charge in [0.1, 0.15) is 17.1 Å². The number of nitrogens with zero attached hydrogens (tertiary/aromatic N) is 1. The number of benzene rings is 2. The van der Waals surface area contributed by atoms with Crippen LogP contribution in [0.2, 0.25) is 10.0 Å². The fraction of sp³-hybridized carbons (Fsp3) is 0. The van der Waals surface area contributed by atoms with Gasteiger partial charge in [0.25, 0.3) is 11.8 Å². The van der Waals surface area contributed by atoms with Gasteiger partial charge in [0.2, 0.25) is 0 Å². The SMILES string of the molecule is O=C1NC(=S)N(c2ccc(Cl)cc2)C(=O)C1=Cc1ccc(-c2ccccc2Cl)o1. The first kappa shape index (κ1) is 19.4. The summed E-state index contributed by atoms with van der Waals surface area (Å²) in [4.78, 5) is 26.6. The fourth-order valence-electron chi connectivity index (χ4n) is 2.86. The minimum Gasteiger partial charge on any atom is -0.457 e. The highest BCUT2D eigenvalue weighted by molar-refractivity contribution is 7.80. The topological polar surface area (TPSA) is 62.6 Å². The van der Waals surface area contributed by atoms with Crippen LogP contribution in [0.15, 0.2) is 70.7 Å². The summed E-state index contributed by atoms with van der Waals surface area (Å²) in [5.41, 5.74) is 1.10. The summed E-state index contributed by atoms with van der Waals surface area (Å²) >= 11 is 17.3. The number of amides is 2. The van der Waals surface area contributed by atoms with Crippen LogP contribution in [0.5, 0.6) is 0 Å². The average molecular weight is 443 g/mol. The van der Waals surface area contributed by atoms with Gasteiger partial charge in [-0.3, -0.25) is 19.8 Å². The van der Waals surface area contributed by atoms with E-state index in [0.29, 0.717) is 32.8 Å². The van der Waals surface area contributed by atoms with Crippen molar-refractivity contribution in [2.75, 3.05) is 4.90 Å². The summed E-state index contributed by atoms with van der Waals surface area (Å²) in [6, 6.07) is 17.2. The maximum atomic E-state index is 13.0. The van der Waals surface area contributed by atoms with Crippen LogP contribution in [-0.2, 0) is 9.59 Å². The molecular weight excluding hydrogens is 431 g/mol. The van der Waals surface area contributed by atoms with E-state index in [9.17, 15) is 9.59 Å². The van der Waals surface area contributed by atoms with Crippen LogP contribution >= 0.6 is 35.4 Å². The molecule has 5 nitrogen and oxygen atoms in total. The monoisotopic (exact) mass is 442 g/mol. The van der Waals surface area contributed by atoms with Crippen molar-refractivity contribution < 1.29 is 14.0 Å². The summed E-state index contributed by atoms with van der Waals surface area (Å²) in [6.45, 7) is 0. The Balaban J connectivity index is 1.68. The number of hydrogen-bond donors (Lipinski definition) is 1. The highest BCUT2D eigenvalue weighted by Crippen LogP contribution is 2.30. The minimum atomic E-state index is -0.596. The van der Waals surface area contributed by atoms with Crippen molar-refractivity contribution in [2.24, 2.45) is 0 Å². The number of hydrogen-bond acceptors (Lipinski definition) is 4. The maximum Gasteiger partial charge on any atom is 0.270 e. The Morgan fingerprint density at radius 3 is 2.41 bits per heavy atom. The predicted molar refractivity (Wildman–Crippen MR) is 117 cm³/mol. The van der Waals surface area contributed by atoms with Crippen LogP contribution in [0.1, 0.15) is 5.76 Å². The Morgan fingerprint density at radius 1 is 0.966 bits per heavy atom. The number of rotatable bonds is 3. The third-order valence-corrected chi connectivity index (χ3v) is 5.11. The highest BCUT2D eigenvalue weighted by atomic mass is 35.5. The van der Waals surface area contributed by atoms with Crippen molar-refractivity contribution in [3.05, 3.63) is 82.0 Å². The van der Waals surface area contributed by atoms with Crippen LogP contribution < -0.4 is 10.2 Å². The second-order valence-electron chi connectivity index (χ2n) is 6.12. The zero-order valence-electron chi connectivity index (χ0n) is 14.7. The van der Waals surface area contributed by atoms with Crippen molar-refractivity contribution in [3.8, 4) is 11.3 Å². The molecule has 0 saturated carbocycles. The Hall–Kier alpha value is -2.93. The molecule has 1 aromatic heterocycles. The molecule has 144 valence electrons. The molecule has 0 unspecified atom stereocenters. The smallest absolute Gasteiger partial charge is 0.270 e. The molecule has 4 rings (SSSR count). The van der Waals surface area contributed by atoms with Gasteiger partial charge >= 0.3 is 0 Å². The molecule has 0 aliphatic carbocycles. The molecule has 0 radical (unpaired) electrons. The van der Waals surface area contributed by atoms with E-state index in [1.165, 1.54) is 11.0 Å². The fourth-order valence-corrected chi connectivity index (χ4v) is 3.50. The normalized spacial score (nSPS) is 15.7. The van der Waals surface area contributed by atoms with E-state index in [2.05, 4.69) is 5.32 Å². The Bertz CT molecular complexity index is 1170. The summed E-state index contributed by atoms with van der Waals surface area (Å²) in [5, 5.41) is 3.57. The first-order chi connectivity index (χ1) is 13.9. The molecule has 1 aliphatic heterocycles. The van der Waals surface area contributed by atoms with E-state index in [1.807, 2.05) is 18.2 Å². The van der Waals surface area contributed by atoms with Gasteiger partial charge in [0.15, 0.2) is 5.11 Å². The van der Waals surface area contributed by atoms with Gasteiger partial charge in [0.05, 0.1) is 10.7 Å². The number of thiocarbonyl (C=S) groups is 1. The second-order valence-corrected chi connectivity index (χ2v) is 7.35. The zero-order valence-corrected chi connectivity index (χ0v) is 17.0. The number of halogens is 2.